The average molecular weight is 387 g/mol. The van der Waals surface area contributed by atoms with E-state index in [1.54, 1.807) is 12.3 Å². The molecule has 0 unspecified atom stereocenters. The molecule has 0 spiro atoms. The number of rotatable bonds is 6. The summed E-state index contributed by atoms with van der Waals surface area (Å²) in [5, 5.41) is 12.7. The molecule has 1 saturated carbocycles. The zero-order valence-electron chi connectivity index (χ0n) is 16.4. The molecule has 1 aliphatic rings. The molecule has 0 amide bonds. The molecule has 2 heterocycles. The van der Waals surface area contributed by atoms with Crippen LogP contribution in [0.2, 0.25) is 0 Å². The summed E-state index contributed by atoms with van der Waals surface area (Å²) in [6.45, 7) is 0.618. The molecule has 0 radical (unpaired) electrons. The molecule has 29 heavy (non-hydrogen) atoms. The fraction of sp³-hybridized carbons (Fsp3) is 0.261. The first-order chi connectivity index (χ1) is 14.2. The average Bonchev–Trinajstić information content (AvgIpc) is 3.26. The third-order valence-corrected chi connectivity index (χ3v) is 5.56. The Morgan fingerprint density at radius 1 is 1.21 bits per heavy atom. The van der Waals surface area contributed by atoms with Gasteiger partial charge in [-0.05, 0) is 49.2 Å². The van der Waals surface area contributed by atoms with E-state index in [0.29, 0.717) is 24.0 Å². The first-order valence-electron chi connectivity index (χ1n) is 10.0. The lowest BCUT2D eigenvalue weighted by molar-refractivity contribution is 0.724. The first kappa shape index (κ1) is 18.9. The molecule has 1 fully saturated rings. The van der Waals surface area contributed by atoms with Gasteiger partial charge in [-0.25, -0.2) is 4.98 Å². The summed E-state index contributed by atoms with van der Waals surface area (Å²) in [5.41, 5.74) is 16.9. The zero-order chi connectivity index (χ0) is 20.2. The quantitative estimate of drug-likeness (QED) is 0.471. The molecule has 0 atom stereocenters. The minimum Gasteiger partial charge on any atom is -0.405 e. The number of nitrogens with one attached hydrogen (secondary N) is 2. The second-order valence-corrected chi connectivity index (χ2v) is 7.45. The maximum absolute atomic E-state index is 8.13. The minimum atomic E-state index is 0.345. The van der Waals surface area contributed by atoms with Crippen molar-refractivity contribution in [2.24, 2.45) is 5.73 Å². The number of nitrogen functional groups attached to an aromatic ring is 1. The summed E-state index contributed by atoms with van der Waals surface area (Å²) in [5.74, 6) is 1.00. The molecule has 4 rings (SSSR count). The van der Waals surface area contributed by atoms with E-state index in [2.05, 4.69) is 10.3 Å². The zero-order valence-corrected chi connectivity index (χ0v) is 16.4. The van der Waals surface area contributed by atoms with Crippen LogP contribution in [-0.2, 0) is 6.54 Å². The van der Waals surface area contributed by atoms with Gasteiger partial charge in [0.05, 0.1) is 29.2 Å². The van der Waals surface area contributed by atoms with E-state index in [-0.39, 0.29) is 0 Å². The van der Waals surface area contributed by atoms with Crippen LogP contribution in [0.3, 0.4) is 0 Å². The Labute approximate surface area is 170 Å². The van der Waals surface area contributed by atoms with Crippen LogP contribution in [0.1, 0.15) is 48.4 Å². The highest BCUT2D eigenvalue weighted by molar-refractivity contribution is 6.09. The molecule has 6 N–H and O–H groups in total. The molecule has 3 aromatic rings. The second-order valence-electron chi connectivity index (χ2n) is 7.45. The molecular formula is C23H26N6. The van der Waals surface area contributed by atoms with Crippen molar-refractivity contribution >= 4 is 28.1 Å². The number of nitrogens with two attached hydrogens (primary N) is 2. The van der Waals surface area contributed by atoms with Crippen LogP contribution in [0.15, 0.2) is 54.9 Å². The van der Waals surface area contributed by atoms with Crippen molar-refractivity contribution in [3.8, 4) is 0 Å². The SMILES string of the molecule is N=C(C=CN)c1ccc2c(NCc3ccccn3)c(C3CCCC3)c(N)nc2c1. The van der Waals surface area contributed by atoms with E-state index in [4.69, 9.17) is 21.9 Å². The number of fused-ring (bicyclic) bond motifs is 1. The highest BCUT2D eigenvalue weighted by Crippen LogP contribution is 2.43. The molecule has 6 nitrogen and oxygen atoms in total. The largest absolute Gasteiger partial charge is 0.405 e. The van der Waals surface area contributed by atoms with Crippen molar-refractivity contribution in [1.29, 1.82) is 5.41 Å². The number of pyridine rings is 2. The maximum atomic E-state index is 8.13. The predicted molar refractivity (Wildman–Crippen MR) is 119 cm³/mol. The molecular weight excluding hydrogens is 360 g/mol. The Bertz CT molecular complexity index is 1050. The van der Waals surface area contributed by atoms with E-state index in [0.717, 1.165) is 46.3 Å². The fourth-order valence-corrected chi connectivity index (χ4v) is 4.16. The van der Waals surface area contributed by atoms with E-state index in [9.17, 15) is 0 Å². The summed E-state index contributed by atoms with van der Waals surface area (Å²) in [7, 11) is 0. The molecule has 6 heteroatoms. The Hall–Kier alpha value is -3.41. The van der Waals surface area contributed by atoms with Gasteiger partial charge in [-0.3, -0.25) is 4.98 Å². The molecule has 0 bridgehead atoms. The number of benzene rings is 1. The molecule has 0 aliphatic heterocycles. The fourth-order valence-electron chi connectivity index (χ4n) is 4.16. The smallest absolute Gasteiger partial charge is 0.129 e. The van der Waals surface area contributed by atoms with E-state index in [1.807, 2.05) is 36.4 Å². The van der Waals surface area contributed by atoms with Crippen LogP contribution in [-0.4, -0.2) is 15.7 Å². The van der Waals surface area contributed by atoms with Crippen molar-refractivity contribution in [2.45, 2.75) is 38.1 Å². The minimum absolute atomic E-state index is 0.345. The molecule has 0 saturated heterocycles. The van der Waals surface area contributed by atoms with Crippen molar-refractivity contribution in [3.05, 3.63) is 71.7 Å². The monoisotopic (exact) mass is 386 g/mol. The predicted octanol–water partition coefficient (Wildman–Crippen LogP) is 4.32. The van der Waals surface area contributed by atoms with Gasteiger partial charge >= 0.3 is 0 Å². The Balaban J connectivity index is 1.80. The summed E-state index contributed by atoms with van der Waals surface area (Å²) >= 11 is 0. The molecule has 1 aliphatic carbocycles. The van der Waals surface area contributed by atoms with Gasteiger partial charge in [0.1, 0.15) is 5.82 Å². The topological polar surface area (TPSA) is 114 Å². The van der Waals surface area contributed by atoms with Crippen molar-refractivity contribution in [1.82, 2.24) is 9.97 Å². The van der Waals surface area contributed by atoms with Gasteiger partial charge in [0.25, 0.3) is 0 Å². The van der Waals surface area contributed by atoms with Crippen molar-refractivity contribution in [2.75, 3.05) is 11.1 Å². The Kier molecular flexibility index (Phi) is 5.42. The van der Waals surface area contributed by atoms with Gasteiger partial charge < -0.3 is 22.2 Å². The van der Waals surface area contributed by atoms with Gasteiger partial charge in [0.2, 0.25) is 0 Å². The number of nitrogens with zero attached hydrogens (tertiary/aromatic N) is 2. The third-order valence-electron chi connectivity index (χ3n) is 5.56. The van der Waals surface area contributed by atoms with E-state index >= 15 is 0 Å². The lowest BCUT2D eigenvalue weighted by Gasteiger charge is -2.21. The Morgan fingerprint density at radius 3 is 2.76 bits per heavy atom. The molecule has 148 valence electrons. The highest BCUT2D eigenvalue weighted by Gasteiger charge is 2.25. The van der Waals surface area contributed by atoms with Gasteiger partial charge in [-0.15, -0.1) is 0 Å². The maximum Gasteiger partial charge on any atom is 0.129 e. The standard InChI is InChI=1S/C23H26N6/c24-11-10-19(25)16-8-9-18-20(13-16)29-23(26)21(15-5-1-2-6-15)22(18)28-14-17-7-3-4-12-27-17/h3-4,7-13,15,25H,1-2,5-6,14,24H2,(H3,26,28,29). The van der Waals surface area contributed by atoms with Crippen molar-refractivity contribution < 1.29 is 0 Å². The number of hydrogen-bond acceptors (Lipinski definition) is 6. The summed E-state index contributed by atoms with van der Waals surface area (Å²) < 4.78 is 0. The van der Waals surface area contributed by atoms with E-state index in [1.165, 1.54) is 19.0 Å². The number of anilines is 2. The normalized spacial score (nSPS) is 14.6. The van der Waals surface area contributed by atoms with Crippen LogP contribution in [0, 0.1) is 5.41 Å². The summed E-state index contributed by atoms with van der Waals surface area (Å²) in [6.07, 6.45) is 9.47. The van der Waals surface area contributed by atoms with Crippen LogP contribution >= 0.6 is 0 Å². The van der Waals surface area contributed by atoms with Gasteiger partial charge in [0.15, 0.2) is 0 Å². The summed E-state index contributed by atoms with van der Waals surface area (Å²) in [6, 6.07) is 11.8. The van der Waals surface area contributed by atoms with E-state index < -0.39 is 0 Å². The summed E-state index contributed by atoms with van der Waals surface area (Å²) in [4.78, 5) is 9.13. The van der Waals surface area contributed by atoms with Crippen LogP contribution < -0.4 is 16.8 Å². The van der Waals surface area contributed by atoms with Crippen molar-refractivity contribution in [3.63, 3.8) is 0 Å². The lowest BCUT2D eigenvalue weighted by Crippen LogP contribution is -2.11. The van der Waals surface area contributed by atoms with Crippen LogP contribution in [0.25, 0.3) is 10.9 Å². The molecule has 2 aromatic heterocycles. The number of allylic oxidation sites excluding steroid dienone is 1. The molecule has 1 aromatic carbocycles. The number of aromatic nitrogens is 2. The first-order valence-corrected chi connectivity index (χ1v) is 10.0. The Morgan fingerprint density at radius 2 is 2.03 bits per heavy atom. The third kappa shape index (κ3) is 3.92. The highest BCUT2D eigenvalue weighted by atomic mass is 14.9. The van der Waals surface area contributed by atoms with Gasteiger partial charge in [0, 0.05) is 22.7 Å². The van der Waals surface area contributed by atoms with Gasteiger partial charge in [-0.2, -0.15) is 0 Å². The lowest BCUT2D eigenvalue weighted by atomic mass is 9.93. The van der Waals surface area contributed by atoms with Gasteiger partial charge in [-0.1, -0.05) is 31.0 Å². The number of hydrogen-bond donors (Lipinski definition) is 4. The van der Waals surface area contributed by atoms with Crippen LogP contribution in [0.4, 0.5) is 11.5 Å². The van der Waals surface area contributed by atoms with Crippen LogP contribution in [0.5, 0.6) is 0 Å². The second kappa shape index (κ2) is 8.31.